The molecule has 0 aliphatic carbocycles. The fourth-order valence-electron chi connectivity index (χ4n) is 5.77. The predicted molar refractivity (Wildman–Crippen MR) is 125 cm³/mol. The first-order valence-electron chi connectivity index (χ1n) is 12.3. The second-order valence-corrected chi connectivity index (χ2v) is 10.0. The number of aliphatic hydroxyl groups is 1. The molecule has 38 heavy (non-hydrogen) atoms. The Morgan fingerprint density at radius 1 is 1.00 bits per heavy atom. The van der Waals surface area contributed by atoms with Crippen LogP contribution in [0.25, 0.3) is 0 Å². The molecule has 1 N–H and O–H groups in total. The van der Waals surface area contributed by atoms with Crippen molar-refractivity contribution in [3.05, 3.63) is 70.8 Å². The standard InChI is InChI=1S/C27H29F6NO4/c1-17(19-12-21(26(28,29)30)14-22(13-19)27(31,32)33)37-18(2)25(20-6-4-3-5-7-20)9-8-24(10-11-35)16-34(25)15-23(36)38-24/h3-7,12-14,17-18,35H,8-11,15-16H2,1-2H3/t17-,18?,24+,25-/m1/s1. The van der Waals surface area contributed by atoms with Crippen LogP contribution in [0.15, 0.2) is 48.5 Å². The van der Waals surface area contributed by atoms with Gasteiger partial charge in [-0.3, -0.25) is 9.69 Å². The number of alkyl halides is 6. The zero-order chi connectivity index (χ0) is 27.9. The second-order valence-electron chi connectivity index (χ2n) is 10.0. The van der Waals surface area contributed by atoms with E-state index >= 15 is 0 Å². The van der Waals surface area contributed by atoms with E-state index in [1.165, 1.54) is 6.92 Å². The maximum Gasteiger partial charge on any atom is 0.416 e. The van der Waals surface area contributed by atoms with Gasteiger partial charge in [0.15, 0.2) is 0 Å². The van der Waals surface area contributed by atoms with Crippen molar-refractivity contribution in [3.63, 3.8) is 0 Å². The molecule has 0 amide bonds. The Morgan fingerprint density at radius 3 is 2.16 bits per heavy atom. The number of carbonyl (C=O) groups excluding carboxylic acids is 1. The number of esters is 1. The maximum atomic E-state index is 13.4. The summed E-state index contributed by atoms with van der Waals surface area (Å²) in [6, 6.07) is 10.6. The second kappa shape index (κ2) is 10.2. The van der Waals surface area contributed by atoms with Crippen molar-refractivity contribution in [1.29, 1.82) is 0 Å². The summed E-state index contributed by atoms with van der Waals surface area (Å²) in [6.07, 6.45) is -10.8. The molecule has 208 valence electrons. The summed E-state index contributed by atoms with van der Waals surface area (Å²) in [5.41, 5.74) is -4.07. The highest BCUT2D eigenvalue weighted by Gasteiger charge is 2.56. The molecule has 0 aromatic heterocycles. The lowest BCUT2D eigenvalue weighted by Gasteiger charge is -2.58. The van der Waals surface area contributed by atoms with Crippen LogP contribution in [0.4, 0.5) is 26.3 Å². The Labute approximate surface area is 216 Å². The quantitative estimate of drug-likeness (QED) is 0.349. The Hall–Kier alpha value is -2.63. The molecule has 2 aromatic rings. The summed E-state index contributed by atoms with van der Waals surface area (Å²) in [5.74, 6) is -0.474. The van der Waals surface area contributed by atoms with Crippen LogP contribution in [0.3, 0.4) is 0 Å². The van der Waals surface area contributed by atoms with Crippen LogP contribution in [0.1, 0.15) is 61.5 Å². The number of ether oxygens (including phenoxy) is 2. The van der Waals surface area contributed by atoms with Gasteiger partial charge in [-0.15, -0.1) is 0 Å². The third-order valence-corrected chi connectivity index (χ3v) is 7.66. The van der Waals surface area contributed by atoms with Crippen LogP contribution in [-0.2, 0) is 32.2 Å². The van der Waals surface area contributed by atoms with Crippen molar-refractivity contribution in [2.75, 3.05) is 19.7 Å². The number of morpholine rings is 1. The zero-order valence-corrected chi connectivity index (χ0v) is 20.9. The molecule has 2 aliphatic rings. The minimum absolute atomic E-state index is 0.0774. The van der Waals surface area contributed by atoms with Crippen molar-refractivity contribution in [3.8, 4) is 0 Å². The maximum absolute atomic E-state index is 13.4. The average molecular weight is 546 g/mol. The number of piperidine rings is 1. The number of carbonyl (C=O) groups is 1. The average Bonchev–Trinajstić information content (AvgIpc) is 2.83. The smallest absolute Gasteiger partial charge is 0.416 e. The summed E-state index contributed by atoms with van der Waals surface area (Å²) in [4.78, 5) is 14.5. The van der Waals surface area contributed by atoms with Crippen LogP contribution < -0.4 is 0 Å². The van der Waals surface area contributed by atoms with Crippen molar-refractivity contribution >= 4 is 5.97 Å². The monoisotopic (exact) mass is 545 g/mol. The SMILES string of the molecule is CC(O[C@H](C)c1cc(C(F)(F)F)cc(C(F)(F)F)c1)[C@@]1(c2ccccc2)CC[C@]2(CCO)CN1CC(=O)O2. The molecule has 2 fully saturated rings. The van der Waals surface area contributed by atoms with Gasteiger partial charge in [-0.2, -0.15) is 26.3 Å². The highest BCUT2D eigenvalue weighted by molar-refractivity contribution is 5.73. The van der Waals surface area contributed by atoms with Gasteiger partial charge in [-0.1, -0.05) is 30.3 Å². The predicted octanol–water partition coefficient (Wildman–Crippen LogP) is 5.86. The van der Waals surface area contributed by atoms with E-state index in [1.54, 1.807) is 6.92 Å². The molecule has 5 nitrogen and oxygen atoms in total. The molecular weight excluding hydrogens is 516 g/mol. The molecule has 0 radical (unpaired) electrons. The molecule has 2 saturated heterocycles. The normalized spacial score (nSPS) is 27.5. The fourth-order valence-corrected chi connectivity index (χ4v) is 5.77. The lowest BCUT2D eigenvalue weighted by Crippen LogP contribution is -2.68. The molecule has 0 saturated carbocycles. The van der Waals surface area contributed by atoms with Crippen molar-refractivity contribution in [2.45, 2.75) is 68.8 Å². The van der Waals surface area contributed by atoms with Crippen molar-refractivity contribution in [1.82, 2.24) is 4.90 Å². The Balaban J connectivity index is 1.72. The number of benzene rings is 2. The Bertz CT molecular complexity index is 1120. The van der Waals surface area contributed by atoms with E-state index in [9.17, 15) is 36.2 Å². The molecule has 2 heterocycles. The van der Waals surface area contributed by atoms with Crippen LogP contribution in [0.2, 0.25) is 0 Å². The Morgan fingerprint density at radius 2 is 1.61 bits per heavy atom. The molecular formula is C27H29F6NO4. The van der Waals surface area contributed by atoms with Gasteiger partial charge in [0.2, 0.25) is 0 Å². The number of aliphatic hydroxyl groups excluding tert-OH is 1. The topological polar surface area (TPSA) is 59.0 Å². The molecule has 4 rings (SSSR count). The van der Waals surface area contributed by atoms with E-state index in [-0.39, 0.29) is 31.2 Å². The highest BCUT2D eigenvalue weighted by Crippen LogP contribution is 2.49. The van der Waals surface area contributed by atoms with Crippen LogP contribution in [0, 0.1) is 0 Å². The third-order valence-electron chi connectivity index (χ3n) is 7.66. The first-order valence-corrected chi connectivity index (χ1v) is 12.3. The Kier molecular flexibility index (Phi) is 7.59. The van der Waals surface area contributed by atoms with Gasteiger partial charge in [0.25, 0.3) is 0 Å². The van der Waals surface area contributed by atoms with Crippen LogP contribution >= 0.6 is 0 Å². The van der Waals surface area contributed by atoms with E-state index < -0.39 is 52.8 Å². The number of halogens is 6. The molecule has 11 heteroatoms. The van der Waals surface area contributed by atoms with E-state index in [4.69, 9.17) is 9.47 Å². The van der Waals surface area contributed by atoms with Gasteiger partial charge in [0, 0.05) is 19.6 Å². The fraction of sp³-hybridized carbons (Fsp3) is 0.519. The number of hydrogen-bond donors (Lipinski definition) is 1. The zero-order valence-electron chi connectivity index (χ0n) is 20.9. The van der Waals surface area contributed by atoms with Crippen LogP contribution in [-0.4, -0.2) is 47.4 Å². The van der Waals surface area contributed by atoms with E-state index in [2.05, 4.69) is 0 Å². The van der Waals surface area contributed by atoms with E-state index in [0.29, 0.717) is 31.5 Å². The summed E-state index contributed by atoms with van der Waals surface area (Å²) >= 11 is 0. The lowest BCUT2D eigenvalue weighted by atomic mass is 9.71. The summed E-state index contributed by atoms with van der Waals surface area (Å²) in [5, 5.41) is 9.58. The first-order chi connectivity index (χ1) is 17.7. The highest BCUT2D eigenvalue weighted by atomic mass is 19.4. The largest absolute Gasteiger partial charge is 0.457 e. The summed E-state index contributed by atoms with van der Waals surface area (Å²) in [6.45, 7) is 3.17. The van der Waals surface area contributed by atoms with Gasteiger partial charge in [0.05, 0.1) is 35.4 Å². The third kappa shape index (κ3) is 5.41. The first kappa shape index (κ1) is 28.4. The van der Waals surface area contributed by atoms with Crippen molar-refractivity contribution < 1.29 is 45.7 Å². The lowest BCUT2D eigenvalue weighted by molar-refractivity contribution is -0.215. The van der Waals surface area contributed by atoms with Crippen LogP contribution in [0.5, 0.6) is 0 Å². The van der Waals surface area contributed by atoms with Gasteiger partial charge in [-0.05, 0) is 56.0 Å². The molecule has 2 aliphatic heterocycles. The molecule has 5 atom stereocenters. The summed E-state index contributed by atoms with van der Waals surface area (Å²) in [7, 11) is 0. The minimum atomic E-state index is -4.97. The number of fused-ring (bicyclic) bond motifs is 2. The molecule has 0 spiro atoms. The number of hydrogen-bond acceptors (Lipinski definition) is 5. The van der Waals surface area contributed by atoms with Gasteiger partial charge < -0.3 is 14.6 Å². The van der Waals surface area contributed by atoms with E-state index in [0.717, 1.165) is 5.56 Å². The number of rotatable bonds is 7. The summed E-state index contributed by atoms with van der Waals surface area (Å²) < 4.78 is 92.5. The molecule has 2 unspecified atom stereocenters. The number of nitrogens with zero attached hydrogens (tertiary/aromatic N) is 1. The van der Waals surface area contributed by atoms with E-state index in [1.807, 2.05) is 35.2 Å². The van der Waals surface area contributed by atoms with Crippen molar-refractivity contribution in [2.24, 2.45) is 0 Å². The van der Waals surface area contributed by atoms with Gasteiger partial charge in [-0.25, -0.2) is 0 Å². The minimum Gasteiger partial charge on any atom is -0.457 e. The molecule has 2 bridgehead atoms. The molecule has 2 aromatic carbocycles. The van der Waals surface area contributed by atoms with Gasteiger partial charge in [0.1, 0.15) is 5.60 Å². The van der Waals surface area contributed by atoms with Gasteiger partial charge >= 0.3 is 18.3 Å².